The maximum absolute atomic E-state index is 13.3. The van der Waals surface area contributed by atoms with Crippen LogP contribution in [0.1, 0.15) is 26.3 Å². The van der Waals surface area contributed by atoms with Crippen LogP contribution in [0.15, 0.2) is 77.7 Å². The molecule has 0 fully saturated rings. The molecule has 0 spiro atoms. The van der Waals surface area contributed by atoms with Crippen molar-refractivity contribution in [3.8, 4) is 0 Å². The lowest BCUT2D eigenvalue weighted by atomic mass is 10.1. The van der Waals surface area contributed by atoms with Gasteiger partial charge in [-0.25, -0.2) is 12.8 Å². The van der Waals surface area contributed by atoms with E-state index in [2.05, 4.69) is 5.32 Å². The number of primary amides is 2. The molecule has 11 heteroatoms. The van der Waals surface area contributed by atoms with Gasteiger partial charge >= 0.3 is 0 Å². The number of halogens is 1. The smallest absolute Gasteiger partial charge is 0.248 e. The summed E-state index contributed by atoms with van der Waals surface area (Å²) in [6.07, 6.45) is 0. The standard InChI is InChI=1S/C23H21FN4O5S/c24-18-8-6-15(7-9-18)13-28(34(32,33)20-4-2-1-3-5-20)14-21(29)27-19-11-16(22(25)30)10-17(12-19)23(26)31/h1-12H,13-14H2,(H2,25,30)(H2,26,31)(H,27,29). The van der Waals surface area contributed by atoms with E-state index >= 15 is 0 Å². The van der Waals surface area contributed by atoms with Crippen molar-refractivity contribution in [3.05, 3.63) is 95.3 Å². The molecule has 176 valence electrons. The van der Waals surface area contributed by atoms with Crippen LogP contribution in [0.25, 0.3) is 0 Å². The Kier molecular flexibility index (Phi) is 7.39. The van der Waals surface area contributed by atoms with Gasteiger partial charge in [-0.2, -0.15) is 4.31 Å². The topological polar surface area (TPSA) is 153 Å². The van der Waals surface area contributed by atoms with Crippen molar-refractivity contribution in [3.63, 3.8) is 0 Å². The molecule has 0 aliphatic carbocycles. The lowest BCUT2D eigenvalue weighted by Gasteiger charge is -2.22. The molecule has 0 bridgehead atoms. The van der Waals surface area contributed by atoms with E-state index in [4.69, 9.17) is 11.5 Å². The Labute approximate surface area is 195 Å². The van der Waals surface area contributed by atoms with E-state index in [9.17, 15) is 27.2 Å². The highest BCUT2D eigenvalue weighted by Crippen LogP contribution is 2.20. The summed E-state index contributed by atoms with van der Waals surface area (Å²) in [6, 6.07) is 16.4. The molecular weight excluding hydrogens is 463 g/mol. The Balaban J connectivity index is 1.90. The maximum atomic E-state index is 13.3. The fourth-order valence-electron chi connectivity index (χ4n) is 3.11. The lowest BCUT2D eigenvalue weighted by Crippen LogP contribution is -2.37. The minimum atomic E-state index is -4.11. The van der Waals surface area contributed by atoms with Gasteiger partial charge in [-0.3, -0.25) is 14.4 Å². The summed E-state index contributed by atoms with van der Waals surface area (Å²) in [5.74, 6) is -2.93. The van der Waals surface area contributed by atoms with E-state index in [-0.39, 0.29) is 28.3 Å². The van der Waals surface area contributed by atoms with Crippen LogP contribution in [-0.4, -0.2) is 37.0 Å². The van der Waals surface area contributed by atoms with Gasteiger partial charge in [0.15, 0.2) is 0 Å². The minimum absolute atomic E-state index is 0.0309. The molecular formula is C23H21FN4O5S. The molecule has 0 aromatic heterocycles. The Morgan fingerprint density at radius 1 is 0.853 bits per heavy atom. The number of amides is 3. The van der Waals surface area contributed by atoms with Gasteiger partial charge in [0.1, 0.15) is 5.82 Å². The number of hydrogen-bond acceptors (Lipinski definition) is 5. The summed E-state index contributed by atoms with van der Waals surface area (Å²) in [5.41, 5.74) is 10.9. The van der Waals surface area contributed by atoms with Crippen molar-refractivity contribution in [1.82, 2.24) is 4.31 Å². The Bertz CT molecular complexity index is 1300. The van der Waals surface area contributed by atoms with Crippen LogP contribution in [-0.2, 0) is 21.4 Å². The number of anilines is 1. The third-order valence-electron chi connectivity index (χ3n) is 4.76. The summed E-state index contributed by atoms with van der Waals surface area (Å²) >= 11 is 0. The zero-order valence-electron chi connectivity index (χ0n) is 17.8. The maximum Gasteiger partial charge on any atom is 0.248 e. The first kappa shape index (κ1) is 24.6. The van der Waals surface area contributed by atoms with Crippen molar-refractivity contribution in [2.75, 3.05) is 11.9 Å². The summed E-state index contributed by atoms with van der Waals surface area (Å²) in [4.78, 5) is 35.9. The number of nitrogens with one attached hydrogen (secondary N) is 1. The van der Waals surface area contributed by atoms with Gasteiger partial charge in [0, 0.05) is 23.4 Å². The number of hydrogen-bond donors (Lipinski definition) is 3. The molecule has 9 nitrogen and oxygen atoms in total. The highest BCUT2D eigenvalue weighted by molar-refractivity contribution is 7.89. The second-order valence-electron chi connectivity index (χ2n) is 7.29. The predicted molar refractivity (Wildman–Crippen MR) is 123 cm³/mol. The summed E-state index contributed by atoms with van der Waals surface area (Å²) in [6.45, 7) is -0.819. The average Bonchev–Trinajstić information content (AvgIpc) is 2.80. The van der Waals surface area contributed by atoms with Gasteiger partial charge in [0.05, 0.1) is 11.4 Å². The first-order chi connectivity index (χ1) is 16.1. The van der Waals surface area contributed by atoms with Crippen molar-refractivity contribution < 1.29 is 27.2 Å². The van der Waals surface area contributed by atoms with Gasteiger partial charge in [-0.1, -0.05) is 30.3 Å². The highest BCUT2D eigenvalue weighted by Gasteiger charge is 2.27. The third kappa shape index (κ3) is 6.03. The first-order valence-corrected chi connectivity index (χ1v) is 11.3. The van der Waals surface area contributed by atoms with Crippen molar-refractivity contribution >= 4 is 33.4 Å². The third-order valence-corrected chi connectivity index (χ3v) is 6.56. The van der Waals surface area contributed by atoms with E-state index in [0.29, 0.717) is 5.56 Å². The number of sulfonamides is 1. The number of nitrogens with two attached hydrogens (primary N) is 2. The monoisotopic (exact) mass is 484 g/mol. The molecule has 0 radical (unpaired) electrons. The second kappa shape index (κ2) is 10.2. The summed E-state index contributed by atoms with van der Waals surface area (Å²) in [5, 5.41) is 2.46. The molecule has 3 aromatic carbocycles. The minimum Gasteiger partial charge on any atom is -0.366 e. The molecule has 5 N–H and O–H groups in total. The zero-order valence-corrected chi connectivity index (χ0v) is 18.6. The fourth-order valence-corrected chi connectivity index (χ4v) is 4.51. The van der Waals surface area contributed by atoms with Crippen LogP contribution in [0.5, 0.6) is 0 Å². The average molecular weight is 485 g/mol. The molecule has 0 unspecified atom stereocenters. The number of nitrogens with zero attached hydrogens (tertiary/aromatic N) is 1. The van der Waals surface area contributed by atoms with Crippen LogP contribution in [0.4, 0.5) is 10.1 Å². The Morgan fingerprint density at radius 3 is 1.94 bits per heavy atom. The summed E-state index contributed by atoms with van der Waals surface area (Å²) < 4.78 is 40.7. The Morgan fingerprint density at radius 2 is 1.41 bits per heavy atom. The first-order valence-electron chi connectivity index (χ1n) is 9.90. The molecule has 0 heterocycles. The molecule has 34 heavy (non-hydrogen) atoms. The molecule has 0 atom stereocenters. The van der Waals surface area contributed by atoms with Gasteiger partial charge in [-0.05, 0) is 48.0 Å². The van der Waals surface area contributed by atoms with Crippen molar-refractivity contribution in [1.29, 1.82) is 0 Å². The fraction of sp³-hybridized carbons (Fsp3) is 0.0870. The molecule has 3 aromatic rings. The van der Waals surface area contributed by atoms with Crippen LogP contribution in [0, 0.1) is 5.82 Å². The van der Waals surface area contributed by atoms with Crippen LogP contribution in [0.2, 0.25) is 0 Å². The highest BCUT2D eigenvalue weighted by atomic mass is 32.2. The van der Waals surface area contributed by atoms with Crippen LogP contribution >= 0.6 is 0 Å². The second-order valence-corrected chi connectivity index (χ2v) is 9.23. The molecule has 0 aliphatic rings. The van der Waals surface area contributed by atoms with Gasteiger partial charge in [0.2, 0.25) is 27.7 Å². The van der Waals surface area contributed by atoms with Crippen molar-refractivity contribution in [2.24, 2.45) is 11.5 Å². The summed E-state index contributed by atoms with van der Waals surface area (Å²) in [7, 11) is -4.11. The SMILES string of the molecule is NC(=O)c1cc(NC(=O)CN(Cc2ccc(F)cc2)S(=O)(=O)c2ccccc2)cc(C(N)=O)c1. The normalized spacial score (nSPS) is 11.2. The van der Waals surface area contributed by atoms with E-state index in [1.165, 1.54) is 54.6 Å². The largest absolute Gasteiger partial charge is 0.366 e. The number of rotatable bonds is 9. The number of carbonyl (C=O) groups is 3. The van der Waals surface area contributed by atoms with E-state index in [0.717, 1.165) is 4.31 Å². The predicted octanol–water partition coefficient (Wildman–Crippen LogP) is 1.85. The molecule has 3 rings (SSSR count). The number of benzene rings is 3. The number of carbonyl (C=O) groups excluding carboxylic acids is 3. The lowest BCUT2D eigenvalue weighted by molar-refractivity contribution is -0.116. The van der Waals surface area contributed by atoms with Gasteiger partial charge < -0.3 is 16.8 Å². The molecule has 0 aliphatic heterocycles. The van der Waals surface area contributed by atoms with E-state index in [1.54, 1.807) is 18.2 Å². The van der Waals surface area contributed by atoms with E-state index in [1.807, 2.05) is 0 Å². The molecule has 3 amide bonds. The van der Waals surface area contributed by atoms with Gasteiger partial charge in [0.25, 0.3) is 0 Å². The molecule has 0 saturated heterocycles. The van der Waals surface area contributed by atoms with Crippen LogP contribution < -0.4 is 16.8 Å². The van der Waals surface area contributed by atoms with Crippen LogP contribution in [0.3, 0.4) is 0 Å². The van der Waals surface area contributed by atoms with Gasteiger partial charge in [-0.15, -0.1) is 0 Å². The van der Waals surface area contributed by atoms with Crippen molar-refractivity contribution in [2.45, 2.75) is 11.4 Å². The quantitative estimate of drug-likeness (QED) is 0.423. The van der Waals surface area contributed by atoms with E-state index < -0.39 is 40.1 Å². The zero-order chi connectivity index (χ0) is 24.9. The Hall–Kier alpha value is -4.09. The molecule has 0 saturated carbocycles.